The molecule has 0 saturated carbocycles. The molecule has 1 aromatic carbocycles. The van der Waals surface area contributed by atoms with E-state index in [0.717, 1.165) is 18.7 Å². The predicted molar refractivity (Wildman–Crippen MR) is 81.6 cm³/mol. The highest BCUT2D eigenvalue weighted by Gasteiger charge is 2.12. The van der Waals surface area contributed by atoms with Gasteiger partial charge in [-0.1, -0.05) is 24.6 Å². The van der Waals surface area contributed by atoms with Crippen LogP contribution in [0.2, 0.25) is 0 Å². The van der Waals surface area contributed by atoms with Gasteiger partial charge in [0, 0.05) is 22.3 Å². The molecule has 0 amide bonds. The van der Waals surface area contributed by atoms with Crippen LogP contribution in [0.5, 0.6) is 0 Å². The van der Waals surface area contributed by atoms with Gasteiger partial charge in [-0.25, -0.2) is 0 Å². The summed E-state index contributed by atoms with van der Waals surface area (Å²) in [5, 5.41) is 3.58. The van der Waals surface area contributed by atoms with Crippen molar-refractivity contribution < 1.29 is 4.42 Å². The van der Waals surface area contributed by atoms with Gasteiger partial charge in [0.15, 0.2) is 0 Å². The normalized spacial score (nSPS) is 12.5. The third-order valence-electron chi connectivity index (χ3n) is 2.99. The molecule has 1 atom stereocenters. The number of thioether (sulfide) groups is 1. The fourth-order valence-corrected chi connectivity index (χ4v) is 3.06. The van der Waals surface area contributed by atoms with Crippen LogP contribution in [0.25, 0.3) is 0 Å². The fourth-order valence-electron chi connectivity index (χ4n) is 1.95. The molecule has 0 spiro atoms. The van der Waals surface area contributed by atoms with Gasteiger partial charge >= 0.3 is 0 Å². The number of benzene rings is 1. The van der Waals surface area contributed by atoms with Gasteiger partial charge in [0.1, 0.15) is 0 Å². The van der Waals surface area contributed by atoms with Crippen LogP contribution >= 0.6 is 11.8 Å². The van der Waals surface area contributed by atoms with Gasteiger partial charge in [-0.05, 0) is 38.1 Å². The molecule has 0 aliphatic carbocycles. The Hall–Kier alpha value is -1.19. The Labute approximate surface area is 119 Å². The zero-order valence-corrected chi connectivity index (χ0v) is 12.4. The molecule has 3 heteroatoms. The number of rotatable bonds is 7. The summed E-state index contributed by atoms with van der Waals surface area (Å²) in [6, 6.07) is 11.0. The molecule has 2 rings (SSSR count). The van der Waals surface area contributed by atoms with Crippen LogP contribution in [-0.4, -0.2) is 12.3 Å². The van der Waals surface area contributed by atoms with E-state index in [1.54, 1.807) is 6.26 Å². The van der Waals surface area contributed by atoms with E-state index in [1.165, 1.54) is 16.0 Å². The van der Waals surface area contributed by atoms with E-state index in [1.807, 2.05) is 24.1 Å². The number of hydrogen-bond acceptors (Lipinski definition) is 3. The molecule has 2 aromatic rings. The van der Waals surface area contributed by atoms with Crippen LogP contribution in [-0.2, 0) is 0 Å². The standard InChI is InChI=1S/C16H21NOS/c1-3-8-17-16(14-7-9-18-11-14)12-19-15-6-4-5-13(2)10-15/h4-7,9-11,16-17H,3,8,12H2,1-2H3. The highest BCUT2D eigenvalue weighted by molar-refractivity contribution is 7.99. The minimum Gasteiger partial charge on any atom is -0.472 e. The van der Waals surface area contributed by atoms with Crippen molar-refractivity contribution in [3.05, 3.63) is 54.0 Å². The molecule has 102 valence electrons. The molecule has 1 aromatic heterocycles. The lowest BCUT2D eigenvalue weighted by Crippen LogP contribution is -2.23. The Bertz CT molecular complexity index is 481. The van der Waals surface area contributed by atoms with Crippen LogP contribution < -0.4 is 5.32 Å². The SMILES string of the molecule is CCCNC(CSc1cccc(C)c1)c1ccoc1. The van der Waals surface area contributed by atoms with E-state index in [0.29, 0.717) is 6.04 Å². The summed E-state index contributed by atoms with van der Waals surface area (Å²) >= 11 is 1.89. The molecule has 19 heavy (non-hydrogen) atoms. The maximum Gasteiger partial charge on any atom is 0.0950 e. The van der Waals surface area contributed by atoms with Crippen LogP contribution in [0.1, 0.15) is 30.5 Å². The van der Waals surface area contributed by atoms with Crippen LogP contribution in [0, 0.1) is 6.92 Å². The van der Waals surface area contributed by atoms with Gasteiger partial charge in [0.05, 0.1) is 12.5 Å². The molecule has 0 fully saturated rings. The first-order valence-electron chi connectivity index (χ1n) is 6.74. The molecular formula is C16H21NOS. The maximum absolute atomic E-state index is 5.20. The quantitative estimate of drug-likeness (QED) is 0.757. The van der Waals surface area contributed by atoms with Crippen molar-refractivity contribution in [1.29, 1.82) is 0 Å². The van der Waals surface area contributed by atoms with Crippen molar-refractivity contribution in [3.63, 3.8) is 0 Å². The van der Waals surface area contributed by atoms with Crippen molar-refractivity contribution >= 4 is 11.8 Å². The Kier molecular flexibility index (Phi) is 5.55. The first-order chi connectivity index (χ1) is 9.29. The minimum atomic E-state index is 0.351. The lowest BCUT2D eigenvalue weighted by atomic mass is 10.2. The van der Waals surface area contributed by atoms with Crippen LogP contribution in [0.3, 0.4) is 0 Å². The van der Waals surface area contributed by atoms with Crippen molar-refractivity contribution in [2.24, 2.45) is 0 Å². The Balaban J connectivity index is 1.96. The van der Waals surface area contributed by atoms with E-state index in [4.69, 9.17) is 4.42 Å². The lowest BCUT2D eigenvalue weighted by Gasteiger charge is -2.16. The number of aryl methyl sites for hydroxylation is 1. The average Bonchev–Trinajstić information content (AvgIpc) is 2.93. The van der Waals surface area contributed by atoms with Crippen LogP contribution in [0.4, 0.5) is 0 Å². The van der Waals surface area contributed by atoms with Crippen LogP contribution in [0.15, 0.2) is 52.2 Å². The molecule has 1 N–H and O–H groups in total. The van der Waals surface area contributed by atoms with Gasteiger partial charge in [-0.2, -0.15) is 0 Å². The van der Waals surface area contributed by atoms with Crippen molar-refractivity contribution in [2.45, 2.75) is 31.2 Å². The molecular weight excluding hydrogens is 254 g/mol. The smallest absolute Gasteiger partial charge is 0.0950 e. The average molecular weight is 275 g/mol. The van der Waals surface area contributed by atoms with Gasteiger partial charge in [0.2, 0.25) is 0 Å². The Morgan fingerprint density at radius 1 is 1.32 bits per heavy atom. The Morgan fingerprint density at radius 2 is 2.21 bits per heavy atom. The van der Waals surface area contributed by atoms with E-state index >= 15 is 0 Å². The third kappa shape index (κ3) is 4.44. The molecule has 0 aliphatic heterocycles. The Morgan fingerprint density at radius 3 is 2.89 bits per heavy atom. The number of hydrogen-bond donors (Lipinski definition) is 1. The van der Waals surface area contributed by atoms with Gasteiger partial charge in [0.25, 0.3) is 0 Å². The van der Waals surface area contributed by atoms with Crippen molar-refractivity contribution in [3.8, 4) is 0 Å². The van der Waals surface area contributed by atoms with Crippen molar-refractivity contribution in [2.75, 3.05) is 12.3 Å². The molecule has 0 saturated heterocycles. The summed E-state index contributed by atoms with van der Waals surface area (Å²) in [6.07, 6.45) is 4.72. The molecule has 0 radical (unpaired) electrons. The zero-order chi connectivity index (χ0) is 13.5. The molecule has 0 aliphatic rings. The van der Waals surface area contributed by atoms with E-state index in [9.17, 15) is 0 Å². The molecule has 0 bridgehead atoms. The second kappa shape index (κ2) is 7.41. The number of nitrogens with one attached hydrogen (secondary N) is 1. The maximum atomic E-state index is 5.20. The second-order valence-electron chi connectivity index (χ2n) is 4.69. The van der Waals surface area contributed by atoms with Gasteiger partial charge in [-0.15, -0.1) is 11.8 Å². The summed E-state index contributed by atoms with van der Waals surface area (Å²) in [5.41, 5.74) is 2.54. The summed E-state index contributed by atoms with van der Waals surface area (Å²) in [7, 11) is 0. The van der Waals surface area contributed by atoms with Crippen molar-refractivity contribution in [1.82, 2.24) is 5.32 Å². The molecule has 2 nitrogen and oxygen atoms in total. The zero-order valence-electron chi connectivity index (χ0n) is 11.6. The van der Waals surface area contributed by atoms with E-state index in [2.05, 4.69) is 43.4 Å². The van der Waals surface area contributed by atoms with Gasteiger partial charge in [-0.3, -0.25) is 0 Å². The largest absolute Gasteiger partial charge is 0.472 e. The monoisotopic (exact) mass is 275 g/mol. The summed E-state index contributed by atoms with van der Waals surface area (Å²) in [4.78, 5) is 1.33. The third-order valence-corrected chi connectivity index (χ3v) is 4.08. The molecule has 1 unspecified atom stereocenters. The topological polar surface area (TPSA) is 25.2 Å². The highest BCUT2D eigenvalue weighted by Crippen LogP contribution is 2.25. The lowest BCUT2D eigenvalue weighted by molar-refractivity contribution is 0.541. The molecule has 1 heterocycles. The van der Waals surface area contributed by atoms with E-state index < -0.39 is 0 Å². The van der Waals surface area contributed by atoms with E-state index in [-0.39, 0.29) is 0 Å². The highest BCUT2D eigenvalue weighted by atomic mass is 32.2. The summed E-state index contributed by atoms with van der Waals surface area (Å²) in [5.74, 6) is 1.02. The minimum absolute atomic E-state index is 0.351. The number of furan rings is 1. The van der Waals surface area contributed by atoms with Gasteiger partial charge < -0.3 is 9.73 Å². The predicted octanol–water partition coefficient (Wildman–Crippen LogP) is 4.42. The summed E-state index contributed by atoms with van der Waals surface area (Å²) < 4.78 is 5.20. The first-order valence-corrected chi connectivity index (χ1v) is 7.73. The fraction of sp³-hybridized carbons (Fsp3) is 0.375. The first kappa shape index (κ1) is 14.2. The summed E-state index contributed by atoms with van der Waals surface area (Å²) in [6.45, 7) is 5.35. The second-order valence-corrected chi connectivity index (χ2v) is 5.78.